The largest absolute Gasteiger partial charge is 0.416 e. The number of rotatable bonds is 6. The van der Waals surface area contributed by atoms with Gasteiger partial charge >= 0.3 is 6.18 Å². The fourth-order valence-electron chi connectivity index (χ4n) is 2.98. The molecule has 26 heavy (non-hydrogen) atoms. The highest BCUT2D eigenvalue weighted by Gasteiger charge is 2.41. The maximum atomic E-state index is 13.0. The standard InChI is InChI=1S/C17H19F3N2O3S/c1-11-8-15(21-25-11)10-26(23,24)22(16-6-7-16)12(2)13-4-3-5-14(9-13)17(18,19)20/h3-5,8-9,12,16H,6-7,10H2,1-2H3/t12-/m1/s1. The molecule has 0 amide bonds. The van der Waals surface area contributed by atoms with Gasteiger partial charge in [-0.25, -0.2) is 8.42 Å². The number of sulfonamides is 1. The summed E-state index contributed by atoms with van der Waals surface area (Å²) in [6.07, 6.45) is -3.09. The first kappa shape index (κ1) is 18.9. The molecule has 3 rings (SSSR count). The minimum atomic E-state index is -4.47. The second-order valence-corrected chi connectivity index (χ2v) is 8.42. The van der Waals surface area contributed by atoms with E-state index in [1.54, 1.807) is 13.8 Å². The van der Waals surface area contributed by atoms with Crippen LogP contribution in [0.15, 0.2) is 34.9 Å². The number of hydrogen-bond acceptors (Lipinski definition) is 4. The molecule has 0 radical (unpaired) electrons. The fourth-order valence-corrected chi connectivity index (χ4v) is 4.91. The highest BCUT2D eigenvalue weighted by atomic mass is 32.2. The van der Waals surface area contributed by atoms with Gasteiger partial charge in [-0.2, -0.15) is 17.5 Å². The van der Waals surface area contributed by atoms with E-state index in [-0.39, 0.29) is 17.5 Å². The Morgan fingerprint density at radius 1 is 1.31 bits per heavy atom. The summed E-state index contributed by atoms with van der Waals surface area (Å²) < 4.78 is 71.0. The monoisotopic (exact) mass is 388 g/mol. The molecule has 1 aromatic heterocycles. The molecule has 0 spiro atoms. The van der Waals surface area contributed by atoms with Crippen molar-refractivity contribution in [1.82, 2.24) is 9.46 Å². The molecule has 0 saturated heterocycles. The van der Waals surface area contributed by atoms with Gasteiger partial charge in [0, 0.05) is 18.2 Å². The van der Waals surface area contributed by atoms with Crippen LogP contribution in [0.4, 0.5) is 13.2 Å². The molecule has 1 aliphatic carbocycles. The van der Waals surface area contributed by atoms with Crippen molar-refractivity contribution in [2.45, 2.75) is 50.7 Å². The summed E-state index contributed by atoms with van der Waals surface area (Å²) in [7, 11) is -3.76. The second-order valence-electron chi connectivity index (χ2n) is 6.55. The summed E-state index contributed by atoms with van der Waals surface area (Å²) in [4.78, 5) is 0. The van der Waals surface area contributed by atoms with Crippen LogP contribution in [-0.2, 0) is 22.0 Å². The number of benzene rings is 1. The Labute approximate surface area is 149 Å². The van der Waals surface area contributed by atoms with E-state index in [9.17, 15) is 21.6 Å². The highest BCUT2D eigenvalue weighted by Crippen LogP contribution is 2.39. The molecule has 1 aliphatic rings. The van der Waals surface area contributed by atoms with E-state index in [0.717, 1.165) is 12.1 Å². The van der Waals surface area contributed by atoms with Crippen molar-refractivity contribution < 1.29 is 26.1 Å². The van der Waals surface area contributed by atoms with Crippen LogP contribution in [0, 0.1) is 6.92 Å². The fraction of sp³-hybridized carbons (Fsp3) is 0.471. The summed E-state index contributed by atoms with van der Waals surface area (Å²) >= 11 is 0. The summed E-state index contributed by atoms with van der Waals surface area (Å²) in [5, 5.41) is 3.71. The lowest BCUT2D eigenvalue weighted by atomic mass is 10.0. The van der Waals surface area contributed by atoms with Crippen LogP contribution < -0.4 is 0 Å². The molecular weight excluding hydrogens is 369 g/mol. The first-order valence-corrected chi connectivity index (χ1v) is 9.79. The molecule has 2 aromatic rings. The van der Waals surface area contributed by atoms with Crippen molar-refractivity contribution in [2.24, 2.45) is 0 Å². The van der Waals surface area contributed by atoms with Crippen molar-refractivity contribution in [1.29, 1.82) is 0 Å². The van der Waals surface area contributed by atoms with Gasteiger partial charge in [-0.15, -0.1) is 0 Å². The van der Waals surface area contributed by atoms with Crippen molar-refractivity contribution >= 4 is 10.0 Å². The van der Waals surface area contributed by atoms with E-state index in [4.69, 9.17) is 4.52 Å². The Hall–Kier alpha value is -1.87. The molecule has 142 valence electrons. The van der Waals surface area contributed by atoms with E-state index in [1.165, 1.54) is 22.5 Å². The summed E-state index contributed by atoms with van der Waals surface area (Å²) in [6, 6.07) is 5.44. The van der Waals surface area contributed by atoms with Crippen LogP contribution in [0.3, 0.4) is 0 Å². The molecule has 0 bridgehead atoms. The van der Waals surface area contributed by atoms with Gasteiger partial charge in [-0.1, -0.05) is 17.3 Å². The van der Waals surface area contributed by atoms with Crippen LogP contribution in [-0.4, -0.2) is 23.9 Å². The maximum absolute atomic E-state index is 13.0. The van der Waals surface area contributed by atoms with E-state index < -0.39 is 27.8 Å². The van der Waals surface area contributed by atoms with Gasteiger partial charge in [-0.3, -0.25) is 0 Å². The smallest absolute Gasteiger partial charge is 0.361 e. The minimum Gasteiger partial charge on any atom is -0.361 e. The number of halogens is 3. The van der Waals surface area contributed by atoms with Crippen LogP contribution >= 0.6 is 0 Å². The highest BCUT2D eigenvalue weighted by molar-refractivity contribution is 7.88. The number of nitrogens with zero attached hydrogens (tertiary/aromatic N) is 2. The Balaban J connectivity index is 1.90. The third kappa shape index (κ3) is 4.09. The Morgan fingerprint density at radius 3 is 2.54 bits per heavy atom. The minimum absolute atomic E-state index is 0.197. The molecule has 0 aliphatic heterocycles. The molecule has 1 fully saturated rings. The lowest BCUT2D eigenvalue weighted by Crippen LogP contribution is -2.36. The van der Waals surface area contributed by atoms with Gasteiger partial charge < -0.3 is 4.52 Å². The summed E-state index contributed by atoms with van der Waals surface area (Å²) in [5.41, 5.74) is -0.196. The lowest BCUT2D eigenvalue weighted by molar-refractivity contribution is -0.137. The van der Waals surface area contributed by atoms with E-state index in [2.05, 4.69) is 5.16 Å². The normalized spacial score (nSPS) is 16.8. The van der Waals surface area contributed by atoms with Crippen LogP contribution in [0.25, 0.3) is 0 Å². The van der Waals surface area contributed by atoms with Crippen LogP contribution in [0.1, 0.15) is 48.4 Å². The van der Waals surface area contributed by atoms with Crippen molar-refractivity contribution in [3.63, 3.8) is 0 Å². The molecular formula is C17H19F3N2O3S. The average molecular weight is 388 g/mol. The molecule has 5 nitrogen and oxygen atoms in total. The third-order valence-corrected chi connectivity index (χ3v) is 6.23. The zero-order chi connectivity index (χ0) is 19.1. The van der Waals surface area contributed by atoms with Gasteiger partial charge in [0.15, 0.2) is 0 Å². The topological polar surface area (TPSA) is 63.4 Å². The zero-order valence-corrected chi connectivity index (χ0v) is 15.1. The Bertz CT molecular complexity index is 889. The van der Waals surface area contributed by atoms with Crippen molar-refractivity contribution in [3.8, 4) is 0 Å². The predicted molar refractivity (Wildman–Crippen MR) is 88.6 cm³/mol. The van der Waals surface area contributed by atoms with E-state index >= 15 is 0 Å². The first-order chi connectivity index (χ1) is 12.1. The molecule has 9 heteroatoms. The van der Waals surface area contributed by atoms with Crippen molar-refractivity contribution in [2.75, 3.05) is 0 Å². The van der Waals surface area contributed by atoms with Gasteiger partial charge in [0.25, 0.3) is 0 Å². The number of alkyl halides is 3. The number of hydrogen-bond donors (Lipinski definition) is 0. The van der Waals surface area contributed by atoms with Gasteiger partial charge in [0.05, 0.1) is 5.56 Å². The second kappa shape index (κ2) is 6.70. The molecule has 1 saturated carbocycles. The van der Waals surface area contributed by atoms with Gasteiger partial charge in [0.2, 0.25) is 10.0 Å². The average Bonchev–Trinajstić information content (AvgIpc) is 3.28. The van der Waals surface area contributed by atoms with Crippen LogP contribution in [0.5, 0.6) is 0 Å². The Morgan fingerprint density at radius 2 is 2.00 bits per heavy atom. The van der Waals surface area contributed by atoms with Crippen LogP contribution in [0.2, 0.25) is 0 Å². The molecule has 1 heterocycles. The molecule has 1 aromatic carbocycles. The summed E-state index contributed by atoms with van der Waals surface area (Å²) in [5.74, 6) is 0.156. The predicted octanol–water partition coefficient (Wildman–Crippen LogP) is 4.06. The maximum Gasteiger partial charge on any atom is 0.416 e. The number of aromatic nitrogens is 1. The first-order valence-electron chi connectivity index (χ1n) is 8.18. The van der Waals surface area contributed by atoms with Gasteiger partial charge in [-0.05, 0) is 44.4 Å². The SMILES string of the molecule is Cc1cc(CS(=O)(=O)N(C2CC2)[C@H](C)c2cccc(C(F)(F)F)c2)no1. The number of aryl methyl sites for hydroxylation is 1. The van der Waals surface area contributed by atoms with Crippen molar-refractivity contribution in [3.05, 3.63) is 52.9 Å². The molecule has 0 N–H and O–H groups in total. The molecule has 1 atom stereocenters. The van der Waals surface area contributed by atoms with E-state index in [0.29, 0.717) is 24.2 Å². The summed E-state index contributed by atoms with van der Waals surface area (Å²) in [6.45, 7) is 3.27. The zero-order valence-electron chi connectivity index (χ0n) is 14.3. The third-order valence-electron chi connectivity index (χ3n) is 4.31. The Kier molecular flexibility index (Phi) is 4.87. The lowest BCUT2D eigenvalue weighted by Gasteiger charge is -2.29. The molecule has 0 unspecified atom stereocenters. The quantitative estimate of drug-likeness (QED) is 0.749. The van der Waals surface area contributed by atoms with Gasteiger partial charge in [0.1, 0.15) is 17.2 Å². The van der Waals surface area contributed by atoms with E-state index in [1.807, 2.05) is 0 Å².